The van der Waals surface area contributed by atoms with Gasteiger partial charge in [-0.3, -0.25) is 4.90 Å². The summed E-state index contributed by atoms with van der Waals surface area (Å²) in [6, 6.07) is 12.6. The molecule has 0 saturated carbocycles. The Hall–Kier alpha value is -2.45. The molecule has 0 amide bonds. The lowest BCUT2D eigenvalue weighted by Gasteiger charge is -2.16. The summed E-state index contributed by atoms with van der Waals surface area (Å²) in [6.45, 7) is 4.16. The van der Waals surface area contributed by atoms with Crippen LogP contribution in [0.25, 0.3) is 0 Å². The number of hydrogen-bond acceptors (Lipinski definition) is 5. The third kappa shape index (κ3) is 3.80. The van der Waals surface area contributed by atoms with Gasteiger partial charge in [-0.25, -0.2) is 9.97 Å². The van der Waals surface area contributed by atoms with E-state index < -0.39 is 0 Å². The molecule has 1 aliphatic rings. The molecule has 1 fully saturated rings. The Labute approximate surface area is 130 Å². The van der Waals surface area contributed by atoms with E-state index in [0.717, 1.165) is 32.0 Å². The summed E-state index contributed by atoms with van der Waals surface area (Å²) in [5.41, 5.74) is 1.72. The number of nitrogens with one attached hydrogen (secondary N) is 1. The lowest BCUT2D eigenvalue weighted by Crippen LogP contribution is -2.22. The zero-order valence-electron chi connectivity index (χ0n) is 12.4. The number of nitriles is 1. The van der Waals surface area contributed by atoms with Gasteiger partial charge in [0.15, 0.2) is 5.69 Å². The van der Waals surface area contributed by atoms with E-state index >= 15 is 0 Å². The number of rotatable bonds is 5. The number of hydrogen-bond donors (Lipinski definition) is 1. The predicted molar refractivity (Wildman–Crippen MR) is 85.1 cm³/mol. The summed E-state index contributed by atoms with van der Waals surface area (Å²) in [5, 5.41) is 12.0. The maximum atomic E-state index is 8.70. The Balaban J connectivity index is 1.45. The van der Waals surface area contributed by atoms with E-state index in [1.165, 1.54) is 18.2 Å². The van der Waals surface area contributed by atoms with E-state index in [2.05, 4.69) is 50.5 Å². The fourth-order valence-electron chi connectivity index (χ4n) is 2.79. The molecular formula is C17H19N5. The molecule has 1 aliphatic heterocycles. The van der Waals surface area contributed by atoms with Crippen LogP contribution < -0.4 is 5.32 Å². The Morgan fingerprint density at radius 2 is 2.09 bits per heavy atom. The van der Waals surface area contributed by atoms with E-state index in [9.17, 15) is 0 Å². The highest BCUT2D eigenvalue weighted by molar-refractivity contribution is 5.33. The van der Waals surface area contributed by atoms with E-state index in [0.29, 0.717) is 11.6 Å². The highest BCUT2D eigenvalue weighted by Gasteiger charge is 2.22. The standard InChI is InChI=1S/C17H19N5/c18-8-16-10-21-17(11-19-16)20-9-15-6-7-22(13-15)12-14-4-2-1-3-5-14/h1-5,10-11,15H,6-7,9,12-13H2,(H,20,21). The van der Waals surface area contributed by atoms with Gasteiger partial charge in [0, 0.05) is 19.6 Å². The van der Waals surface area contributed by atoms with Crippen LogP contribution in [0.1, 0.15) is 17.7 Å². The molecule has 0 bridgehead atoms. The van der Waals surface area contributed by atoms with E-state index in [-0.39, 0.29) is 0 Å². The van der Waals surface area contributed by atoms with Crippen molar-refractivity contribution in [3.63, 3.8) is 0 Å². The van der Waals surface area contributed by atoms with Crippen molar-refractivity contribution in [1.82, 2.24) is 14.9 Å². The number of likely N-dealkylation sites (tertiary alicyclic amines) is 1. The van der Waals surface area contributed by atoms with Gasteiger partial charge >= 0.3 is 0 Å². The van der Waals surface area contributed by atoms with Crippen LogP contribution >= 0.6 is 0 Å². The van der Waals surface area contributed by atoms with Crippen molar-refractivity contribution in [3.05, 3.63) is 54.0 Å². The molecule has 1 unspecified atom stereocenters. The predicted octanol–water partition coefficient (Wildman–Crippen LogP) is 2.28. The van der Waals surface area contributed by atoms with E-state index in [1.54, 1.807) is 6.20 Å². The van der Waals surface area contributed by atoms with Crippen molar-refractivity contribution in [2.24, 2.45) is 5.92 Å². The second-order valence-electron chi connectivity index (χ2n) is 5.65. The van der Waals surface area contributed by atoms with Gasteiger partial charge < -0.3 is 5.32 Å². The third-order valence-corrected chi connectivity index (χ3v) is 3.96. The van der Waals surface area contributed by atoms with Gasteiger partial charge in [0.1, 0.15) is 11.9 Å². The van der Waals surface area contributed by atoms with E-state index in [4.69, 9.17) is 5.26 Å². The van der Waals surface area contributed by atoms with Gasteiger partial charge in [-0.15, -0.1) is 0 Å². The average molecular weight is 293 g/mol. The van der Waals surface area contributed by atoms with Crippen molar-refractivity contribution < 1.29 is 0 Å². The van der Waals surface area contributed by atoms with Crippen molar-refractivity contribution in [1.29, 1.82) is 5.26 Å². The molecule has 3 rings (SSSR count). The van der Waals surface area contributed by atoms with Gasteiger partial charge in [0.2, 0.25) is 0 Å². The van der Waals surface area contributed by atoms with Crippen molar-refractivity contribution >= 4 is 5.82 Å². The Morgan fingerprint density at radius 3 is 2.82 bits per heavy atom. The Morgan fingerprint density at radius 1 is 1.23 bits per heavy atom. The van der Waals surface area contributed by atoms with E-state index in [1.807, 2.05) is 6.07 Å². The lowest BCUT2D eigenvalue weighted by atomic mass is 10.1. The highest BCUT2D eigenvalue weighted by Crippen LogP contribution is 2.19. The molecule has 1 atom stereocenters. The number of benzene rings is 1. The highest BCUT2D eigenvalue weighted by atomic mass is 15.2. The van der Waals surface area contributed by atoms with Crippen molar-refractivity contribution in [2.45, 2.75) is 13.0 Å². The average Bonchev–Trinajstić information content (AvgIpc) is 3.02. The molecule has 1 aromatic heterocycles. The monoisotopic (exact) mass is 293 g/mol. The Kier molecular flexibility index (Phi) is 4.62. The second-order valence-corrected chi connectivity index (χ2v) is 5.65. The molecule has 22 heavy (non-hydrogen) atoms. The fraction of sp³-hybridized carbons (Fsp3) is 0.353. The molecule has 5 heteroatoms. The minimum atomic E-state index is 0.348. The molecule has 2 aromatic rings. The summed E-state index contributed by atoms with van der Waals surface area (Å²) in [4.78, 5) is 10.7. The molecular weight excluding hydrogens is 274 g/mol. The van der Waals surface area contributed by atoms with Gasteiger partial charge in [0.25, 0.3) is 0 Å². The summed E-state index contributed by atoms with van der Waals surface area (Å²) in [6.07, 6.45) is 4.32. The first-order valence-electron chi connectivity index (χ1n) is 7.56. The zero-order chi connectivity index (χ0) is 15.2. The third-order valence-electron chi connectivity index (χ3n) is 3.96. The van der Waals surface area contributed by atoms with Gasteiger partial charge in [0.05, 0.1) is 12.4 Å². The van der Waals surface area contributed by atoms with Crippen LogP contribution in [0, 0.1) is 17.2 Å². The summed E-state index contributed by atoms with van der Waals surface area (Å²) in [7, 11) is 0. The molecule has 2 heterocycles. The zero-order valence-corrected chi connectivity index (χ0v) is 12.4. The van der Waals surface area contributed by atoms with Crippen molar-refractivity contribution in [3.8, 4) is 6.07 Å². The summed E-state index contributed by atoms with van der Waals surface area (Å²) in [5.74, 6) is 1.36. The molecule has 0 spiro atoms. The molecule has 1 saturated heterocycles. The first-order valence-corrected chi connectivity index (χ1v) is 7.56. The topological polar surface area (TPSA) is 64.8 Å². The Bertz CT molecular complexity index is 632. The minimum absolute atomic E-state index is 0.348. The maximum absolute atomic E-state index is 8.70. The maximum Gasteiger partial charge on any atom is 0.158 e. The number of aromatic nitrogens is 2. The van der Waals surface area contributed by atoms with Crippen LogP contribution in [-0.4, -0.2) is 34.5 Å². The largest absolute Gasteiger partial charge is 0.368 e. The van der Waals surface area contributed by atoms with Gasteiger partial charge in [-0.2, -0.15) is 5.26 Å². The summed E-state index contributed by atoms with van der Waals surface area (Å²) >= 11 is 0. The van der Waals surface area contributed by atoms with Gasteiger partial charge in [-0.05, 0) is 24.4 Å². The number of anilines is 1. The minimum Gasteiger partial charge on any atom is -0.368 e. The molecule has 112 valence electrons. The van der Waals surface area contributed by atoms with Crippen molar-refractivity contribution in [2.75, 3.05) is 25.0 Å². The fourth-order valence-corrected chi connectivity index (χ4v) is 2.79. The van der Waals surface area contributed by atoms with Crippen LogP contribution in [0.4, 0.5) is 5.82 Å². The molecule has 5 nitrogen and oxygen atoms in total. The van der Waals surface area contributed by atoms with Crippen LogP contribution in [0.3, 0.4) is 0 Å². The molecule has 1 N–H and O–H groups in total. The lowest BCUT2D eigenvalue weighted by molar-refractivity contribution is 0.319. The number of nitrogens with zero attached hydrogens (tertiary/aromatic N) is 4. The first-order chi connectivity index (χ1) is 10.8. The molecule has 1 aromatic carbocycles. The van der Waals surface area contributed by atoms with Crippen LogP contribution in [0.5, 0.6) is 0 Å². The smallest absolute Gasteiger partial charge is 0.158 e. The quantitative estimate of drug-likeness (QED) is 0.916. The van der Waals surface area contributed by atoms with Crippen LogP contribution in [0.15, 0.2) is 42.7 Å². The molecule has 0 radical (unpaired) electrons. The second kappa shape index (κ2) is 7.01. The summed E-state index contributed by atoms with van der Waals surface area (Å²) < 4.78 is 0. The van der Waals surface area contributed by atoms with Crippen LogP contribution in [0.2, 0.25) is 0 Å². The normalized spacial score (nSPS) is 18.0. The molecule has 0 aliphatic carbocycles. The first kappa shape index (κ1) is 14.5. The van der Waals surface area contributed by atoms with Gasteiger partial charge in [-0.1, -0.05) is 30.3 Å². The van der Waals surface area contributed by atoms with Crippen LogP contribution in [-0.2, 0) is 6.54 Å². The SMILES string of the molecule is N#Cc1cnc(NCC2CCN(Cc3ccccc3)C2)cn1.